The van der Waals surface area contributed by atoms with Crippen molar-refractivity contribution in [3.63, 3.8) is 0 Å². The SMILES string of the molecule is C[C@@H](NC(=O)c1ccoc1)C(=O)Nc1ncccc1O. The van der Waals surface area contributed by atoms with Crippen LogP contribution in [-0.2, 0) is 4.79 Å². The predicted molar refractivity (Wildman–Crippen MR) is 70.2 cm³/mol. The molecular weight excluding hydrogens is 262 g/mol. The molecule has 0 bridgehead atoms. The van der Waals surface area contributed by atoms with Crippen molar-refractivity contribution in [1.29, 1.82) is 0 Å². The highest BCUT2D eigenvalue weighted by Gasteiger charge is 2.18. The first-order valence-corrected chi connectivity index (χ1v) is 5.86. The summed E-state index contributed by atoms with van der Waals surface area (Å²) >= 11 is 0. The van der Waals surface area contributed by atoms with Gasteiger partial charge in [0.1, 0.15) is 12.3 Å². The van der Waals surface area contributed by atoms with E-state index in [0.29, 0.717) is 5.56 Å². The Morgan fingerprint density at radius 2 is 2.20 bits per heavy atom. The largest absolute Gasteiger partial charge is 0.504 e. The van der Waals surface area contributed by atoms with E-state index in [1.807, 2.05) is 0 Å². The van der Waals surface area contributed by atoms with Crippen LogP contribution in [0.25, 0.3) is 0 Å². The Bertz CT molecular complexity index is 610. The molecule has 1 atom stereocenters. The third-order valence-electron chi connectivity index (χ3n) is 2.55. The van der Waals surface area contributed by atoms with Gasteiger partial charge in [-0.3, -0.25) is 9.59 Å². The maximum absolute atomic E-state index is 11.9. The smallest absolute Gasteiger partial charge is 0.255 e. The molecule has 3 N–H and O–H groups in total. The van der Waals surface area contributed by atoms with Gasteiger partial charge in [0.25, 0.3) is 5.91 Å². The molecule has 0 saturated carbocycles. The average molecular weight is 275 g/mol. The van der Waals surface area contributed by atoms with E-state index in [-0.39, 0.29) is 11.6 Å². The van der Waals surface area contributed by atoms with Gasteiger partial charge in [-0.05, 0) is 25.1 Å². The van der Waals surface area contributed by atoms with Crippen LogP contribution in [-0.4, -0.2) is 27.9 Å². The lowest BCUT2D eigenvalue weighted by Gasteiger charge is -2.13. The van der Waals surface area contributed by atoms with E-state index in [0.717, 1.165) is 0 Å². The number of amides is 2. The fraction of sp³-hybridized carbons (Fsp3) is 0.154. The summed E-state index contributed by atoms with van der Waals surface area (Å²) in [7, 11) is 0. The Kier molecular flexibility index (Phi) is 3.99. The van der Waals surface area contributed by atoms with Crippen LogP contribution in [0.3, 0.4) is 0 Å². The van der Waals surface area contributed by atoms with Crippen molar-refractivity contribution < 1.29 is 19.1 Å². The van der Waals surface area contributed by atoms with Crippen molar-refractivity contribution in [2.24, 2.45) is 0 Å². The van der Waals surface area contributed by atoms with Gasteiger partial charge in [0.05, 0.1) is 11.8 Å². The number of aromatic nitrogens is 1. The van der Waals surface area contributed by atoms with E-state index in [1.165, 1.54) is 43.8 Å². The number of furan rings is 1. The number of hydrogen-bond donors (Lipinski definition) is 3. The van der Waals surface area contributed by atoms with Gasteiger partial charge in [0.15, 0.2) is 11.6 Å². The minimum absolute atomic E-state index is 0.0434. The van der Waals surface area contributed by atoms with E-state index in [4.69, 9.17) is 4.42 Å². The van der Waals surface area contributed by atoms with Gasteiger partial charge >= 0.3 is 0 Å². The van der Waals surface area contributed by atoms with E-state index in [1.54, 1.807) is 0 Å². The van der Waals surface area contributed by atoms with Crippen LogP contribution in [0.4, 0.5) is 5.82 Å². The zero-order valence-electron chi connectivity index (χ0n) is 10.7. The van der Waals surface area contributed by atoms with E-state index >= 15 is 0 Å². The summed E-state index contributed by atoms with van der Waals surface area (Å²) in [6.45, 7) is 1.52. The highest BCUT2D eigenvalue weighted by Crippen LogP contribution is 2.18. The Labute approximate surface area is 114 Å². The van der Waals surface area contributed by atoms with Crippen LogP contribution in [0.15, 0.2) is 41.3 Å². The summed E-state index contributed by atoms with van der Waals surface area (Å²) in [6, 6.07) is 3.63. The Hall–Kier alpha value is -2.83. The third kappa shape index (κ3) is 3.14. The molecule has 0 unspecified atom stereocenters. The lowest BCUT2D eigenvalue weighted by molar-refractivity contribution is -0.117. The Balaban J connectivity index is 1.96. The van der Waals surface area contributed by atoms with E-state index < -0.39 is 17.9 Å². The maximum Gasteiger partial charge on any atom is 0.255 e. The fourth-order valence-electron chi connectivity index (χ4n) is 1.46. The minimum Gasteiger partial charge on any atom is -0.504 e. The summed E-state index contributed by atoms with van der Waals surface area (Å²) in [5.74, 6) is -1.02. The lowest BCUT2D eigenvalue weighted by Crippen LogP contribution is -2.41. The first-order chi connectivity index (χ1) is 9.58. The third-order valence-corrected chi connectivity index (χ3v) is 2.55. The van der Waals surface area contributed by atoms with Crippen LogP contribution in [0, 0.1) is 0 Å². The van der Waals surface area contributed by atoms with Crippen molar-refractivity contribution in [3.8, 4) is 5.75 Å². The molecule has 2 amide bonds. The maximum atomic E-state index is 11.9. The number of aromatic hydroxyl groups is 1. The van der Waals surface area contributed by atoms with Crippen molar-refractivity contribution in [2.75, 3.05) is 5.32 Å². The number of nitrogens with one attached hydrogen (secondary N) is 2. The van der Waals surface area contributed by atoms with E-state index in [2.05, 4.69) is 15.6 Å². The van der Waals surface area contributed by atoms with Gasteiger partial charge in [-0.25, -0.2) is 4.98 Å². The van der Waals surface area contributed by atoms with Crippen molar-refractivity contribution in [3.05, 3.63) is 42.5 Å². The Morgan fingerprint density at radius 3 is 2.85 bits per heavy atom. The lowest BCUT2D eigenvalue weighted by atomic mass is 10.2. The first kappa shape index (κ1) is 13.6. The fourth-order valence-corrected chi connectivity index (χ4v) is 1.46. The number of carbonyl (C=O) groups is 2. The normalized spacial score (nSPS) is 11.7. The molecule has 0 fully saturated rings. The topological polar surface area (TPSA) is 104 Å². The predicted octanol–water partition coefficient (Wildman–Crippen LogP) is 1.14. The highest BCUT2D eigenvalue weighted by molar-refractivity contribution is 6.00. The molecule has 2 aromatic heterocycles. The molecule has 0 saturated heterocycles. The number of pyridine rings is 1. The second-order valence-corrected chi connectivity index (χ2v) is 4.07. The first-order valence-electron chi connectivity index (χ1n) is 5.86. The summed E-state index contributed by atoms with van der Waals surface area (Å²) in [5.41, 5.74) is 0.324. The van der Waals surface area contributed by atoms with Crippen LogP contribution in [0.2, 0.25) is 0 Å². The second-order valence-electron chi connectivity index (χ2n) is 4.07. The standard InChI is InChI=1S/C13H13N3O4/c1-8(15-13(19)9-4-6-20-7-9)12(18)16-11-10(17)3-2-5-14-11/h2-8,17H,1H3,(H,15,19)(H,14,16,18)/t8-/m1/s1. The van der Waals surface area contributed by atoms with Gasteiger partial charge in [0.2, 0.25) is 5.91 Å². The molecule has 0 aromatic carbocycles. The molecule has 2 aromatic rings. The second kappa shape index (κ2) is 5.87. The van der Waals surface area contributed by atoms with Gasteiger partial charge in [0, 0.05) is 6.20 Å². The number of rotatable bonds is 4. The van der Waals surface area contributed by atoms with Gasteiger partial charge in [-0.2, -0.15) is 0 Å². The Morgan fingerprint density at radius 1 is 1.40 bits per heavy atom. The van der Waals surface area contributed by atoms with Crippen LogP contribution >= 0.6 is 0 Å². The van der Waals surface area contributed by atoms with Gasteiger partial charge < -0.3 is 20.2 Å². The number of carbonyl (C=O) groups excluding carboxylic acids is 2. The molecule has 0 aliphatic carbocycles. The molecule has 20 heavy (non-hydrogen) atoms. The molecular formula is C13H13N3O4. The molecule has 0 radical (unpaired) electrons. The zero-order chi connectivity index (χ0) is 14.5. The van der Waals surface area contributed by atoms with Crippen LogP contribution in [0.1, 0.15) is 17.3 Å². The molecule has 7 nitrogen and oxygen atoms in total. The number of nitrogens with zero attached hydrogens (tertiary/aromatic N) is 1. The van der Waals surface area contributed by atoms with Gasteiger partial charge in [-0.15, -0.1) is 0 Å². The van der Waals surface area contributed by atoms with Gasteiger partial charge in [-0.1, -0.05) is 0 Å². The summed E-state index contributed by atoms with van der Waals surface area (Å²) in [4.78, 5) is 27.4. The summed E-state index contributed by atoms with van der Waals surface area (Å²) in [6.07, 6.45) is 4.08. The summed E-state index contributed by atoms with van der Waals surface area (Å²) in [5, 5.41) is 14.4. The quantitative estimate of drug-likeness (QED) is 0.776. The molecule has 0 spiro atoms. The zero-order valence-corrected chi connectivity index (χ0v) is 10.7. The monoisotopic (exact) mass is 275 g/mol. The molecule has 2 heterocycles. The van der Waals surface area contributed by atoms with Crippen molar-refractivity contribution >= 4 is 17.6 Å². The van der Waals surface area contributed by atoms with Crippen LogP contribution < -0.4 is 10.6 Å². The number of hydrogen-bond acceptors (Lipinski definition) is 5. The highest BCUT2D eigenvalue weighted by atomic mass is 16.3. The number of anilines is 1. The van der Waals surface area contributed by atoms with Crippen molar-refractivity contribution in [1.82, 2.24) is 10.3 Å². The van der Waals surface area contributed by atoms with Crippen molar-refractivity contribution in [2.45, 2.75) is 13.0 Å². The molecule has 0 aliphatic rings. The average Bonchev–Trinajstić information content (AvgIpc) is 2.95. The molecule has 7 heteroatoms. The van der Waals surface area contributed by atoms with E-state index in [9.17, 15) is 14.7 Å². The van der Waals surface area contributed by atoms with Crippen LogP contribution in [0.5, 0.6) is 5.75 Å². The molecule has 2 rings (SSSR count). The molecule has 104 valence electrons. The summed E-state index contributed by atoms with van der Waals surface area (Å²) < 4.78 is 4.78. The minimum atomic E-state index is -0.793. The molecule has 0 aliphatic heterocycles.